The first-order chi connectivity index (χ1) is 8.15. The lowest BCUT2D eigenvalue weighted by atomic mass is 10.3. The SMILES string of the molecule is CNC(=O)c1nnn(-c2ccccc2F)c1N. The topological polar surface area (TPSA) is 85.8 Å². The van der Waals surface area contributed by atoms with E-state index in [1.54, 1.807) is 12.1 Å². The second kappa shape index (κ2) is 4.20. The van der Waals surface area contributed by atoms with Crippen molar-refractivity contribution >= 4 is 11.7 Å². The molecule has 0 saturated heterocycles. The van der Waals surface area contributed by atoms with Gasteiger partial charge in [0.1, 0.15) is 11.5 Å². The van der Waals surface area contributed by atoms with Crippen LogP contribution in [0.2, 0.25) is 0 Å². The Morgan fingerprint density at radius 2 is 2.18 bits per heavy atom. The van der Waals surface area contributed by atoms with Crippen LogP contribution in [0, 0.1) is 5.82 Å². The predicted octanol–water partition coefficient (Wildman–Crippen LogP) is 0.348. The number of carbonyl (C=O) groups excluding carboxylic acids is 1. The van der Waals surface area contributed by atoms with Crippen LogP contribution in [0.1, 0.15) is 10.5 Å². The standard InChI is InChI=1S/C10H10FN5O/c1-13-10(17)8-9(12)16(15-14-8)7-5-3-2-4-6(7)11/h2-5H,12H2,1H3,(H,13,17). The number of hydrogen-bond donors (Lipinski definition) is 2. The molecule has 0 saturated carbocycles. The first-order valence-electron chi connectivity index (χ1n) is 4.83. The van der Waals surface area contributed by atoms with Gasteiger partial charge in [0.2, 0.25) is 0 Å². The number of nitrogens with two attached hydrogens (primary N) is 1. The Hall–Kier alpha value is -2.44. The van der Waals surface area contributed by atoms with E-state index in [9.17, 15) is 9.18 Å². The van der Waals surface area contributed by atoms with Gasteiger partial charge < -0.3 is 11.1 Å². The van der Waals surface area contributed by atoms with E-state index in [-0.39, 0.29) is 17.2 Å². The molecule has 0 aliphatic heterocycles. The smallest absolute Gasteiger partial charge is 0.275 e. The zero-order valence-electron chi connectivity index (χ0n) is 9.01. The second-order valence-electron chi connectivity index (χ2n) is 3.27. The number of carbonyl (C=O) groups is 1. The van der Waals surface area contributed by atoms with Crippen LogP contribution in [-0.2, 0) is 0 Å². The first kappa shape index (κ1) is 11.1. The number of anilines is 1. The van der Waals surface area contributed by atoms with E-state index in [0.29, 0.717) is 0 Å². The number of nitrogens with one attached hydrogen (secondary N) is 1. The highest BCUT2D eigenvalue weighted by Gasteiger charge is 2.18. The summed E-state index contributed by atoms with van der Waals surface area (Å²) in [6, 6.07) is 5.95. The van der Waals surface area contributed by atoms with E-state index in [2.05, 4.69) is 15.6 Å². The average molecular weight is 235 g/mol. The van der Waals surface area contributed by atoms with Crippen molar-refractivity contribution in [2.45, 2.75) is 0 Å². The number of hydrogen-bond acceptors (Lipinski definition) is 4. The van der Waals surface area contributed by atoms with E-state index in [0.717, 1.165) is 4.68 Å². The number of nitrogens with zero attached hydrogens (tertiary/aromatic N) is 3. The van der Waals surface area contributed by atoms with Gasteiger partial charge in [0.05, 0.1) is 0 Å². The number of para-hydroxylation sites is 1. The van der Waals surface area contributed by atoms with Crippen molar-refractivity contribution in [1.82, 2.24) is 20.3 Å². The number of nitrogen functional groups attached to an aromatic ring is 1. The highest BCUT2D eigenvalue weighted by atomic mass is 19.1. The van der Waals surface area contributed by atoms with Gasteiger partial charge in [0, 0.05) is 7.05 Å². The fourth-order valence-electron chi connectivity index (χ4n) is 1.37. The molecule has 2 aromatic rings. The molecule has 1 aromatic carbocycles. The van der Waals surface area contributed by atoms with E-state index in [1.165, 1.54) is 19.2 Å². The highest BCUT2D eigenvalue weighted by molar-refractivity contribution is 5.96. The molecule has 1 heterocycles. The third kappa shape index (κ3) is 1.82. The largest absolute Gasteiger partial charge is 0.382 e. The van der Waals surface area contributed by atoms with Gasteiger partial charge in [-0.3, -0.25) is 4.79 Å². The van der Waals surface area contributed by atoms with Gasteiger partial charge in [0.25, 0.3) is 5.91 Å². The predicted molar refractivity (Wildman–Crippen MR) is 59.1 cm³/mol. The monoisotopic (exact) mass is 235 g/mol. The molecular weight excluding hydrogens is 225 g/mol. The molecule has 1 amide bonds. The Morgan fingerprint density at radius 3 is 2.82 bits per heavy atom. The molecule has 88 valence electrons. The van der Waals surface area contributed by atoms with Crippen LogP contribution >= 0.6 is 0 Å². The third-order valence-corrected chi connectivity index (χ3v) is 2.23. The summed E-state index contributed by atoms with van der Waals surface area (Å²) in [5, 5.41) is 9.64. The zero-order chi connectivity index (χ0) is 12.4. The quantitative estimate of drug-likeness (QED) is 0.786. The van der Waals surface area contributed by atoms with E-state index < -0.39 is 11.7 Å². The maximum absolute atomic E-state index is 13.5. The molecule has 0 aliphatic rings. The van der Waals surface area contributed by atoms with Crippen LogP contribution in [0.15, 0.2) is 24.3 Å². The Kier molecular flexibility index (Phi) is 2.73. The van der Waals surface area contributed by atoms with E-state index in [4.69, 9.17) is 5.73 Å². The highest BCUT2D eigenvalue weighted by Crippen LogP contribution is 2.17. The van der Waals surface area contributed by atoms with Gasteiger partial charge in [-0.05, 0) is 12.1 Å². The molecule has 1 aromatic heterocycles. The lowest BCUT2D eigenvalue weighted by molar-refractivity contribution is 0.0959. The van der Waals surface area contributed by atoms with Crippen LogP contribution < -0.4 is 11.1 Å². The summed E-state index contributed by atoms with van der Waals surface area (Å²) in [7, 11) is 1.45. The molecule has 0 unspecified atom stereocenters. The van der Waals surface area contributed by atoms with Crippen LogP contribution in [0.5, 0.6) is 0 Å². The lowest BCUT2D eigenvalue weighted by Gasteiger charge is -2.03. The molecule has 0 radical (unpaired) electrons. The Labute approximate surface area is 96.2 Å². The molecule has 0 fully saturated rings. The summed E-state index contributed by atoms with van der Waals surface area (Å²) < 4.78 is 14.6. The fourth-order valence-corrected chi connectivity index (χ4v) is 1.37. The Balaban J connectivity index is 2.52. The summed E-state index contributed by atoms with van der Waals surface area (Å²) in [6.07, 6.45) is 0. The van der Waals surface area contributed by atoms with Gasteiger partial charge in [-0.25, -0.2) is 4.39 Å². The molecule has 2 rings (SSSR count). The minimum absolute atomic E-state index is 0.00514. The minimum atomic E-state index is -0.493. The number of benzene rings is 1. The molecule has 3 N–H and O–H groups in total. The van der Waals surface area contributed by atoms with Crippen molar-refractivity contribution in [3.8, 4) is 5.69 Å². The molecule has 7 heteroatoms. The summed E-state index contributed by atoms with van der Waals surface area (Å²) >= 11 is 0. The van der Waals surface area contributed by atoms with Gasteiger partial charge >= 0.3 is 0 Å². The summed E-state index contributed by atoms with van der Waals surface area (Å²) in [5.74, 6) is -0.966. The second-order valence-corrected chi connectivity index (χ2v) is 3.27. The minimum Gasteiger partial charge on any atom is -0.382 e. The average Bonchev–Trinajstić information content (AvgIpc) is 2.71. The molecule has 0 atom stereocenters. The van der Waals surface area contributed by atoms with Gasteiger partial charge in [0.15, 0.2) is 11.5 Å². The van der Waals surface area contributed by atoms with Crippen molar-refractivity contribution in [2.75, 3.05) is 12.8 Å². The number of amides is 1. The van der Waals surface area contributed by atoms with Crippen LogP contribution in [-0.4, -0.2) is 27.9 Å². The maximum atomic E-state index is 13.5. The maximum Gasteiger partial charge on any atom is 0.275 e. The molecule has 17 heavy (non-hydrogen) atoms. The molecule has 0 spiro atoms. The van der Waals surface area contributed by atoms with Crippen molar-refractivity contribution < 1.29 is 9.18 Å². The lowest BCUT2D eigenvalue weighted by Crippen LogP contribution is -2.20. The summed E-state index contributed by atoms with van der Waals surface area (Å²) in [6.45, 7) is 0. The zero-order valence-corrected chi connectivity index (χ0v) is 9.01. The van der Waals surface area contributed by atoms with Crippen molar-refractivity contribution in [2.24, 2.45) is 0 Å². The van der Waals surface area contributed by atoms with E-state index in [1.807, 2.05) is 0 Å². The molecule has 6 nitrogen and oxygen atoms in total. The van der Waals surface area contributed by atoms with Crippen molar-refractivity contribution in [1.29, 1.82) is 0 Å². The Bertz CT molecular complexity index is 566. The fraction of sp³-hybridized carbons (Fsp3) is 0.100. The number of aromatic nitrogens is 3. The van der Waals surface area contributed by atoms with Crippen LogP contribution in [0.25, 0.3) is 5.69 Å². The van der Waals surface area contributed by atoms with Crippen molar-refractivity contribution in [3.63, 3.8) is 0 Å². The summed E-state index contributed by atoms with van der Waals surface area (Å²) in [4.78, 5) is 11.4. The van der Waals surface area contributed by atoms with Gasteiger partial charge in [-0.2, -0.15) is 4.68 Å². The molecular formula is C10H10FN5O. The molecule has 0 aliphatic carbocycles. The number of halogens is 1. The first-order valence-corrected chi connectivity index (χ1v) is 4.83. The normalized spacial score (nSPS) is 10.2. The molecule has 0 bridgehead atoms. The third-order valence-electron chi connectivity index (χ3n) is 2.23. The van der Waals surface area contributed by atoms with E-state index >= 15 is 0 Å². The van der Waals surface area contributed by atoms with Gasteiger partial charge in [-0.15, -0.1) is 5.10 Å². The van der Waals surface area contributed by atoms with Crippen LogP contribution in [0.3, 0.4) is 0 Å². The summed E-state index contributed by atoms with van der Waals surface area (Å²) in [5.41, 5.74) is 5.81. The van der Waals surface area contributed by atoms with Crippen LogP contribution in [0.4, 0.5) is 10.2 Å². The van der Waals surface area contributed by atoms with Gasteiger partial charge in [-0.1, -0.05) is 17.3 Å². The Morgan fingerprint density at radius 1 is 1.47 bits per heavy atom. The van der Waals surface area contributed by atoms with Crippen molar-refractivity contribution in [3.05, 3.63) is 35.8 Å². The number of rotatable bonds is 2.